The van der Waals surface area contributed by atoms with E-state index in [1.165, 1.54) is 12.1 Å². The Bertz CT molecular complexity index is 660. The number of rotatable bonds is 6. The van der Waals surface area contributed by atoms with Gasteiger partial charge in [0, 0.05) is 17.3 Å². The molecule has 0 spiro atoms. The number of hydrogen-bond acceptors (Lipinski definition) is 6. The quantitative estimate of drug-likeness (QED) is 0.370. The first kappa shape index (κ1) is 18.6. The molecule has 0 aliphatic heterocycles. The van der Waals surface area contributed by atoms with Gasteiger partial charge in [0.1, 0.15) is 5.02 Å². The predicted molar refractivity (Wildman–Crippen MR) is 84.5 cm³/mol. The maximum atomic E-state index is 12.0. The molecule has 0 bridgehead atoms. The molecule has 8 nitrogen and oxygen atoms in total. The zero-order valence-electron chi connectivity index (χ0n) is 12.8. The zero-order valence-corrected chi connectivity index (χ0v) is 13.6. The minimum atomic E-state index is -0.684. The Morgan fingerprint density at radius 1 is 1.48 bits per heavy atom. The van der Waals surface area contributed by atoms with E-state index < -0.39 is 22.7 Å². The summed E-state index contributed by atoms with van der Waals surface area (Å²) >= 11 is 5.68. The largest absolute Gasteiger partial charge is 0.465 e. The van der Waals surface area contributed by atoms with Crippen LogP contribution in [0.25, 0.3) is 0 Å². The standard InChI is InChI=1S/C14H16ClN3O5/c1-4-23-14(20)8(2)9(3)16-17-13(19)10-5-6-11(15)12(7-10)18(21)22/h5-8H,4H2,1-3H3,(H,17,19)/b16-9+. The molecule has 0 radical (unpaired) electrons. The van der Waals surface area contributed by atoms with Gasteiger partial charge in [-0.05, 0) is 32.9 Å². The van der Waals surface area contributed by atoms with Crippen LogP contribution in [0.3, 0.4) is 0 Å². The monoisotopic (exact) mass is 341 g/mol. The number of carbonyl (C=O) groups excluding carboxylic acids is 2. The van der Waals surface area contributed by atoms with Crippen LogP contribution in [0.4, 0.5) is 5.69 Å². The highest BCUT2D eigenvalue weighted by atomic mass is 35.5. The molecule has 0 saturated heterocycles. The van der Waals surface area contributed by atoms with Gasteiger partial charge in [-0.2, -0.15) is 5.10 Å². The van der Waals surface area contributed by atoms with Crippen molar-refractivity contribution in [2.45, 2.75) is 20.8 Å². The van der Waals surface area contributed by atoms with Crippen molar-refractivity contribution >= 4 is 34.9 Å². The fourth-order valence-electron chi connectivity index (χ4n) is 1.53. The van der Waals surface area contributed by atoms with Crippen molar-refractivity contribution in [3.63, 3.8) is 0 Å². The Balaban J connectivity index is 2.84. The summed E-state index contributed by atoms with van der Waals surface area (Å²) in [5.74, 6) is -1.72. The first-order valence-electron chi connectivity index (χ1n) is 6.73. The summed E-state index contributed by atoms with van der Waals surface area (Å²) in [5, 5.41) is 14.5. The third-order valence-electron chi connectivity index (χ3n) is 3.01. The Labute approximate surface area is 137 Å². The van der Waals surface area contributed by atoms with E-state index in [9.17, 15) is 19.7 Å². The molecular formula is C14H16ClN3O5. The van der Waals surface area contributed by atoms with Crippen LogP contribution < -0.4 is 5.43 Å². The zero-order chi connectivity index (χ0) is 17.6. The Hall–Kier alpha value is -2.48. The summed E-state index contributed by atoms with van der Waals surface area (Å²) in [4.78, 5) is 33.6. The highest BCUT2D eigenvalue weighted by Crippen LogP contribution is 2.24. The lowest BCUT2D eigenvalue weighted by atomic mass is 10.1. The summed E-state index contributed by atoms with van der Waals surface area (Å²) in [6, 6.07) is 3.65. The van der Waals surface area contributed by atoms with Crippen molar-refractivity contribution in [2.75, 3.05) is 6.61 Å². The molecule has 1 aromatic rings. The minimum Gasteiger partial charge on any atom is -0.465 e. The summed E-state index contributed by atoms with van der Waals surface area (Å²) in [6.45, 7) is 5.09. The minimum absolute atomic E-state index is 0.0291. The lowest BCUT2D eigenvalue weighted by Crippen LogP contribution is -2.25. The lowest BCUT2D eigenvalue weighted by molar-refractivity contribution is -0.384. The van der Waals surface area contributed by atoms with Crippen molar-refractivity contribution in [2.24, 2.45) is 11.0 Å². The van der Waals surface area contributed by atoms with Gasteiger partial charge in [0.05, 0.1) is 17.4 Å². The second kappa shape index (κ2) is 8.23. The van der Waals surface area contributed by atoms with E-state index in [1.54, 1.807) is 20.8 Å². The first-order chi connectivity index (χ1) is 10.8. The van der Waals surface area contributed by atoms with E-state index in [0.29, 0.717) is 5.71 Å². The molecule has 1 unspecified atom stereocenters. The third kappa shape index (κ3) is 5.03. The molecule has 1 atom stereocenters. The van der Waals surface area contributed by atoms with Gasteiger partial charge in [0.2, 0.25) is 0 Å². The van der Waals surface area contributed by atoms with Crippen LogP contribution in [0, 0.1) is 16.0 Å². The lowest BCUT2D eigenvalue weighted by Gasteiger charge is -2.10. The average Bonchev–Trinajstić information content (AvgIpc) is 2.51. The van der Waals surface area contributed by atoms with Crippen molar-refractivity contribution in [1.82, 2.24) is 5.43 Å². The molecule has 0 saturated carbocycles. The molecule has 124 valence electrons. The van der Waals surface area contributed by atoms with Crippen molar-refractivity contribution in [3.8, 4) is 0 Å². The maximum Gasteiger partial charge on any atom is 0.314 e. The van der Waals surface area contributed by atoms with Gasteiger partial charge in [-0.15, -0.1) is 0 Å². The molecule has 9 heteroatoms. The van der Waals surface area contributed by atoms with E-state index in [4.69, 9.17) is 16.3 Å². The molecule has 0 fully saturated rings. The van der Waals surface area contributed by atoms with Crippen LogP contribution in [-0.2, 0) is 9.53 Å². The number of hydrogen-bond donors (Lipinski definition) is 1. The fraction of sp³-hybridized carbons (Fsp3) is 0.357. The van der Waals surface area contributed by atoms with Gasteiger partial charge in [-0.1, -0.05) is 11.6 Å². The van der Waals surface area contributed by atoms with Crippen molar-refractivity contribution in [1.29, 1.82) is 0 Å². The molecule has 0 heterocycles. The molecule has 1 N–H and O–H groups in total. The Kier molecular flexibility index (Phi) is 6.65. The van der Waals surface area contributed by atoms with E-state index in [0.717, 1.165) is 6.07 Å². The third-order valence-corrected chi connectivity index (χ3v) is 3.33. The molecule has 0 aliphatic carbocycles. The molecule has 1 rings (SSSR count). The van der Waals surface area contributed by atoms with E-state index in [1.807, 2.05) is 0 Å². The number of nitro benzene ring substituents is 1. The number of nitrogens with one attached hydrogen (secondary N) is 1. The van der Waals surface area contributed by atoms with Crippen molar-refractivity contribution < 1.29 is 19.2 Å². The van der Waals surface area contributed by atoms with Crippen LogP contribution >= 0.6 is 11.6 Å². The number of benzene rings is 1. The first-order valence-corrected chi connectivity index (χ1v) is 7.10. The fourth-order valence-corrected chi connectivity index (χ4v) is 1.72. The summed E-state index contributed by atoms with van der Waals surface area (Å²) in [7, 11) is 0. The van der Waals surface area contributed by atoms with Crippen LogP contribution in [-0.4, -0.2) is 29.1 Å². The summed E-state index contributed by atoms with van der Waals surface area (Å²) in [6.07, 6.45) is 0. The van der Waals surface area contributed by atoms with Gasteiger partial charge in [0.15, 0.2) is 0 Å². The van der Waals surface area contributed by atoms with Crippen LogP contribution in [0.1, 0.15) is 31.1 Å². The Morgan fingerprint density at radius 3 is 2.70 bits per heavy atom. The van der Waals surface area contributed by atoms with E-state index >= 15 is 0 Å². The van der Waals surface area contributed by atoms with Gasteiger partial charge >= 0.3 is 5.97 Å². The second-order valence-corrected chi connectivity index (χ2v) is 5.00. The maximum absolute atomic E-state index is 12.0. The number of carbonyl (C=O) groups is 2. The van der Waals surface area contributed by atoms with Gasteiger partial charge in [-0.3, -0.25) is 19.7 Å². The van der Waals surface area contributed by atoms with Crippen LogP contribution in [0.15, 0.2) is 23.3 Å². The molecule has 23 heavy (non-hydrogen) atoms. The van der Waals surface area contributed by atoms with Crippen LogP contribution in [0.5, 0.6) is 0 Å². The molecule has 1 amide bonds. The number of amides is 1. The number of hydrazone groups is 1. The van der Waals surface area contributed by atoms with Gasteiger partial charge < -0.3 is 4.74 Å². The predicted octanol–water partition coefficient (Wildman–Crippen LogP) is 2.55. The topological polar surface area (TPSA) is 111 Å². The Morgan fingerprint density at radius 2 is 2.13 bits per heavy atom. The van der Waals surface area contributed by atoms with E-state index in [-0.39, 0.29) is 22.9 Å². The van der Waals surface area contributed by atoms with Crippen molar-refractivity contribution in [3.05, 3.63) is 38.9 Å². The highest BCUT2D eigenvalue weighted by Gasteiger charge is 2.19. The molecule has 1 aromatic carbocycles. The number of halogens is 1. The molecular weight excluding hydrogens is 326 g/mol. The summed E-state index contributed by atoms with van der Waals surface area (Å²) in [5.41, 5.74) is 2.24. The number of ether oxygens (including phenoxy) is 1. The molecule has 0 aliphatic rings. The normalized spacial score (nSPS) is 12.4. The SMILES string of the molecule is CCOC(=O)C(C)/C(C)=N/NC(=O)c1ccc(Cl)c([N+](=O)[O-])c1. The van der Waals surface area contributed by atoms with Crippen LogP contribution in [0.2, 0.25) is 5.02 Å². The number of nitro groups is 1. The van der Waals surface area contributed by atoms with Gasteiger partial charge in [-0.25, -0.2) is 5.43 Å². The summed E-state index contributed by atoms with van der Waals surface area (Å²) < 4.78 is 4.85. The van der Waals surface area contributed by atoms with Gasteiger partial charge in [0.25, 0.3) is 11.6 Å². The average molecular weight is 342 g/mol. The second-order valence-electron chi connectivity index (χ2n) is 4.59. The smallest absolute Gasteiger partial charge is 0.314 e. The molecule has 0 aromatic heterocycles. The highest BCUT2D eigenvalue weighted by molar-refractivity contribution is 6.32. The number of esters is 1. The van der Waals surface area contributed by atoms with E-state index in [2.05, 4.69) is 10.5 Å². The number of nitrogens with zero attached hydrogens (tertiary/aromatic N) is 2.